The molecule has 2 aromatic carbocycles. The molecule has 374 valence electrons. The molecule has 1 fully saturated rings. The molecular formula is C47H67N13O9. The lowest BCUT2D eigenvalue weighted by molar-refractivity contribution is -0.139. The highest BCUT2D eigenvalue weighted by Gasteiger charge is 2.36. The first kappa shape index (κ1) is 55.8. The van der Waals surface area contributed by atoms with E-state index in [2.05, 4.69) is 42.2 Å². The molecule has 13 N–H and O–H groups in total. The van der Waals surface area contributed by atoms with Crippen LogP contribution in [0.15, 0.2) is 59.6 Å². The molecule has 1 aliphatic heterocycles. The van der Waals surface area contributed by atoms with Crippen LogP contribution in [0.25, 0.3) is 0 Å². The van der Waals surface area contributed by atoms with E-state index in [0.29, 0.717) is 30.4 Å². The molecule has 69 heavy (non-hydrogen) atoms. The molecule has 0 unspecified atom stereocenters. The number of benzene rings is 2. The number of nitrogens with zero attached hydrogens (tertiary/aromatic N) is 3. The van der Waals surface area contributed by atoms with Gasteiger partial charge in [-0.2, -0.15) is 5.26 Å². The molecule has 22 nitrogen and oxygen atoms in total. The van der Waals surface area contributed by atoms with Gasteiger partial charge >= 0.3 is 0 Å². The van der Waals surface area contributed by atoms with Gasteiger partial charge in [-0.15, -0.1) is 0 Å². The topological polar surface area (TPSA) is 355 Å². The fraction of sp³-hybridized carbons (Fsp3) is 0.511. The standard InChI is InChI=1S/C47H67N13O9/c1-27(2)21-34(59-46(69)37-14-10-20-60(37)39(62)26-54-42(65)32-17-15-31(24-48)16-18-32)43(66)53-25-38(61)56-35(22-28(3)4)45(68)58-36(23-30-11-7-6-8-12-30)44(67)55-29(5)41(64)57-33(40(49)63)13-9-19-52-47(50)51/h6-8,11-12,15-18,27-29,33-37H,9-10,13-14,19-23,25-26H2,1-5H3,(H2,49,63)(H,53,66)(H,54,65)(H,55,67)(H,56,61)(H,57,64)(H,58,68)(H,59,69)(H4,50,51,52)/t29-,33-,34-,35-,36-,37-/m0/s1. The number of rotatable bonds is 26. The van der Waals surface area contributed by atoms with Crippen LogP contribution in [0.1, 0.15) is 94.6 Å². The van der Waals surface area contributed by atoms with Gasteiger partial charge in [0, 0.05) is 25.1 Å². The number of aliphatic imine (C=N–C) groups is 1. The predicted octanol–water partition coefficient (Wildman–Crippen LogP) is -1.29. The van der Waals surface area contributed by atoms with Crippen LogP contribution in [0, 0.1) is 23.2 Å². The van der Waals surface area contributed by atoms with Crippen molar-refractivity contribution >= 4 is 59.1 Å². The van der Waals surface area contributed by atoms with Gasteiger partial charge in [-0.3, -0.25) is 48.1 Å². The number of carbonyl (C=O) groups excluding carboxylic acids is 9. The van der Waals surface area contributed by atoms with Gasteiger partial charge in [0.05, 0.1) is 24.7 Å². The lowest BCUT2D eigenvalue weighted by Crippen LogP contribution is -2.58. The van der Waals surface area contributed by atoms with Gasteiger partial charge in [0.1, 0.15) is 36.3 Å². The number of hydrogen-bond acceptors (Lipinski definition) is 11. The first-order valence-corrected chi connectivity index (χ1v) is 22.9. The van der Waals surface area contributed by atoms with Crippen molar-refractivity contribution < 1.29 is 43.2 Å². The summed E-state index contributed by atoms with van der Waals surface area (Å²) in [6, 6.07) is 9.99. The van der Waals surface area contributed by atoms with Crippen molar-refractivity contribution in [3.05, 3.63) is 71.3 Å². The van der Waals surface area contributed by atoms with Crippen molar-refractivity contribution in [2.24, 2.45) is 34.0 Å². The summed E-state index contributed by atoms with van der Waals surface area (Å²) in [6.07, 6.45) is 1.63. The fourth-order valence-corrected chi connectivity index (χ4v) is 7.40. The summed E-state index contributed by atoms with van der Waals surface area (Å²) in [5.41, 5.74) is 17.5. The summed E-state index contributed by atoms with van der Waals surface area (Å²) in [5, 5.41) is 27.3. The Balaban J connectivity index is 1.65. The van der Waals surface area contributed by atoms with Crippen LogP contribution in [-0.4, -0.2) is 126 Å². The van der Waals surface area contributed by atoms with Crippen LogP contribution in [0.4, 0.5) is 0 Å². The second-order valence-electron chi connectivity index (χ2n) is 17.7. The zero-order chi connectivity index (χ0) is 51.2. The minimum atomic E-state index is -1.23. The molecular weight excluding hydrogens is 891 g/mol. The molecule has 1 heterocycles. The number of nitrogens with two attached hydrogens (primary N) is 3. The third kappa shape index (κ3) is 19.3. The van der Waals surface area contributed by atoms with Crippen molar-refractivity contribution in [3.8, 4) is 6.07 Å². The van der Waals surface area contributed by atoms with Crippen LogP contribution in [0.3, 0.4) is 0 Å². The molecule has 0 radical (unpaired) electrons. The number of hydrogen-bond donors (Lipinski definition) is 10. The van der Waals surface area contributed by atoms with E-state index in [4.69, 9.17) is 22.5 Å². The quantitative estimate of drug-likeness (QED) is 0.0299. The average molecular weight is 958 g/mol. The fourth-order valence-electron chi connectivity index (χ4n) is 7.40. The summed E-state index contributed by atoms with van der Waals surface area (Å²) in [6.45, 7) is 8.24. The van der Waals surface area contributed by atoms with Gasteiger partial charge in [-0.1, -0.05) is 58.0 Å². The van der Waals surface area contributed by atoms with E-state index < -0.39 is 96.0 Å². The minimum Gasteiger partial charge on any atom is -0.370 e. The first-order chi connectivity index (χ1) is 32.7. The highest BCUT2D eigenvalue weighted by Crippen LogP contribution is 2.19. The SMILES string of the molecule is CC(C)C[C@H](NC(=O)CNC(=O)[C@H](CC(C)C)NC(=O)[C@@H]1CCCN1C(=O)CNC(=O)c1ccc(C#N)cc1)C(=O)N[C@@H](Cc1ccccc1)C(=O)N[C@@H](C)C(=O)N[C@@H](CCCN=C(N)N)C(N)=O. The molecule has 0 aromatic heterocycles. The van der Waals surface area contributed by atoms with Crippen LogP contribution < -0.4 is 54.4 Å². The van der Waals surface area contributed by atoms with E-state index in [-0.39, 0.29) is 68.7 Å². The van der Waals surface area contributed by atoms with Crippen molar-refractivity contribution in [1.82, 2.24) is 42.1 Å². The Morgan fingerprint density at radius 2 is 1.32 bits per heavy atom. The summed E-state index contributed by atoms with van der Waals surface area (Å²) >= 11 is 0. The van der Waals surface area contributed by atoms with Gasteiger partial charge in [0.2, 0.25) is 47.3 Å². The zero-order valence-electron chi connectivity index (χ0n) is 39.8. The predicted molar refractivity (Wildman–Crippen MR) is 255 cm³/mol. The highest BCUT2D eigenvalue weighted by molar-refractivity contribution is 5.99. The van der Waals surface area contributed by atoms with E-state index in [9.17, 15) is 43.2 Å². The van der Waals surface area contributed by atoms with Crippen LogP contribution in [0.5, 0.6) is 0 Å². The third-order valence-electron chi connectivity index (χ3n) is 10.9. The maximum Gasteiger partial charge on any atom is 0.251 e. The number of guanidine groups is 1. The largest absolute Gasteiger partial charge is 0.370 e. The summed E-state index contributed by atoms with van der Waals surface area (Å²) in [5.74, 6) is -6.28. The number of primary amides is 1. The molecule has 2 aromatic rings. The van der Waals surface area contributed by atoms with Crippen LogP contribution in [-0.2, 0) is 44.8 Å². The van der Waals surface area contributed by atoms with Gasteiger partial charge in [0.25, 0.3) is 5.91 Å². The Labute approximate surface area is 402 Å². The second-order valence-corrected chi connectivity index (χ2v) is 17.7. The van der Waals surface area contributed by atoms with Crippen molar-refractivity contribution in [1.29, 1.82) is 5.26 Å². The minimum absolute atomic E-state index is 0.00600. The van der Waals surface area contributed by atoms with Crippen LogP contribution in [0.2, 0.25) is 0 Å². The Bertz CT molecular complexity index is 2190. The lowest BCUT2D eigenvalue weighted by Gasteiger charge is -2.27. The molecule has 0 aliphatic carbocycles. The average Bonchev–Trinajstić information content (AvgIpc) is 3.80. The first-order valence-electron chi connectivity index (χ1n) is 22.9. The molecule has 1 aliphatic rings. The van der Waals surface area contributed by atoms with E-state index in [1.807, 2.05) is 33.8 Å². The molecule has 0 spiro atoms. The van der Waals surface area contributed by atoms with E-state index in [1.54, 1.807) is 30.3 Å². The number of nitriles is 1. The molecule has 6 atom stereocenters. The van der Waals surface area contributed by atoms with E-state index in [1.165, 1.54) is 36.1 Å². The van der Waals surface area contributed by atoms with E-state index >= 15 is 0 Å². The maximum absolute atomic E-state index is 13.9. The Morgan fingerprint density at radius 3 is 1.91 bits per heavy atom. The zero-order valence-corrected chi connectivity index (χ0v) is 39.8. The summed E-state index contributed by atoms with van der Waals surface area (Å²) < 4.78 is 0. The smallest absolute Gasteiger partial charge is 0.251 e. The normalized spacial score (nSPS) is 15.2. The molecule has 22 heteroatoms. The van der Waals surface area contributed by atoms with Gasteiger partial charge < -0.3 is 59.3 Å². The number of likely N-dealkylation sites (tertiary alicyclic amines) is 1. The van der Waals surface area contributed by atoms with Crippen LogP contribution >= 0.6 is 0 Å². The van der Waals surface area contributed by atoms with Gasteiger partial charge in [0.15, 0.2) is 5.96 Å². The van der Waals surface area contributed by atoms with Crippen molar-refractivity contribution in [2.75, 3.05) is 26.2 Å². The third-order valence-corrected chi connectivity index (χ3v) is 10.9. The summed E-state index contributed by atoms with van der Waals surface area (Å²) in [4.78, 5) is 124. The molecule has 1 saturated heterocycles. The number of amides is 9. The Morgan fingerprint density at radius 1 is 0.710 bits per heavy atom. The maximum atomic E-state index is 13.9. The van der Waals surface area contributed by atoms with E-state index in [0.717, 1.165) is 0 Å². The van der Waals surface area contributed by atoms with Crippen molar-refractivity contribution in [2.45, 2.75) is 116 Å². The van der Waals surface area contributed by atoms with Crippen molar-refractivity contribution in [3.63, 3.8) is 0 Å². The highest BCUT2D eigenvalue weighted by atomic mass is 16.2. The van der Waals surface area contributed by atoms with Gasteiger partial charge in [-0.25, -0.2) is 0 Å². The number of carbonyl (C=O) groups is 9. The summed E-state index contributed by atoms with van der Waals surface area (Å²) in [7, 11) is 0. The molecule has 3 rings (SSSR count). The van der Waals surface area contributed by atoms with Gasteiger partial charge in [-0.05, 0) is 87.1 Å². The molecule has 0 bridgehead atoms. The Kier molecular flexibility index (Phi) is 22.6. The monoisotopic (exact) mass is 958 g/mol. The number of nitrogens with one attached hydrogen (secondary N) is 7. The molecule has 9 amide bonds. The molecule has 0 saturated carbocycles. The Hall–Kier alpha value is -7.57. The second kappa shape index (κ2) is 27.9. The lowest BCUT2D eigenvalue weighted by atomic mass is 10.0.